The molecular formula is C12H23O2S-. The van der Waals surface area contributed by atoms with E-state index in [1.54, 1.807) is 0 Å². The van der Waals surface area contributed by atoms with E-state index in [0.717, 1.165) is 12.8 Å². The monoisotopic (exact) mass is 231 g/mol. The molecule has 0 bridgehead atoms. The number of aliphatic carboxylic acids is 1. The second kappa shape index (κ2) is 10.3. The number of carboxylic acid groups (broad SMARTS) is 1. The zero-order chi connectivity index (χ0) is 11.5. The summed E-state index contributed by atoms with van der Waals surface area (Å²) >= 11 is 3.93. The molecule has 0 spiro atoms. The molecule has 0 N–H and O–H groups in total. The topological polar surface area (TPSA) is 40.1 Å². The van der Waals surface area contributed by atoms with Crippen molar-refractivity contribution in [3.8, 4) is 0 Å². The van der Waals surface area contributed by atoms with Gasteiger partial charge in [-0.05, 0) is 6.42 Å². The van der Waals surface area contributed by atoms with E-state index in [0.29, 0.717) is 6.42 Å². The Morgan fingerprint density at radius 3 is 2.00 bits per heavy atom. The number of unbranched alkanes of at least 4 members (excludes halogenated alkanes) is 7. The summed E-state index contributed by atoms with van der Waals surface area (Å²) in [5.41, 5.74) is 0. The van der Waals surface area contributed by atoms with E-state index in [1.165, 1.54) is 38.5 Å². The first kappa shape index (κ1) is 14.8. The summed E-state index contributed by atoms with van der Waals surface area (Å²) in [4.78, 5) is 10.3. The molecule has 0 rings (SSSR count). The van der Waals surface area contributed by atoms with E-state index in [2.05, 4.69) is 19.6 Å². The van der Waals surface area contributed by atoms with Crippen LogP contribution >= 0.6 is 12.6 Å². The van der Waals surface area contributed by atoms with Crippen molar-refractivity contribution in [3.05, 3.63) is 0 Å². The first-order chi connectivity index (χ1) is 7.18. The van der Waals surface area contributed by atoms with Crippen LogP contribution in [0.3, 0.4) is 0 Å². The number of carbonyl (C=O) groups excluding carboxylic acids is 1. The van der Waals surface area contributed by atoms with Gasteiger partial charge in [-0.1, -0.05) is 58.3 Å². The molecule has 0 aliphatic carbocycles. The number of thiol groups is 1. The maximum atomic E-state index is 10.3. The van der Waals surface area contributed by atoms with Crippen LogP contribution in [-0.4, -0.2) is 11.2 Å². The highest BCUT2D eigenvalue weighted by Gasteiger charge is 2.02. The van der Waals surface area contributed by atoms with E-state index >= 15 is 0 Å². The molecule has 0 saturated carbocycles. The molecule has 3 heteroatoms. The van der Waals surface area contributed by atoms with Gasteiger partial charge >= 0.3 is 0 Å². The van der Waals surface area contributed by atoms with Gasteiger partial charge in [0.25, 0.3) is 0 Å². The zero-order valence-electron chi connectivity index (χ0n) is 9.71. The van der Waals surface area contributed by atoms with Crippen LogP contribution in [0.15, 0.2) is 0 Å². The van der Waals surface area contributed by atoms with E-state index in [9.17, 15) is 9.90 Å². The molecule has 1 unspecified atom stereocenters. The van der Waals surface area contributed by atoms with Gasteiger partial charge in [0.15, 0.2) is 0 Å². The van der Waals surface area contributed by atoms with E-state index in [1.807, 2.05) is 0 Å². The lowest BCUT2D eigenvalue weighted by Crippen LogP contribution is -2.31. The minimum atomic E-state index is -1.04. The Morgan fingerprint density at radius 1 is 1.07 bits per heavy atom. The lowest BCUT2D eigenvalue weighted by Gasteiger charge is -2.10. The highest BCUT2D eigenvalue weighted by molar-refractivity contribution is 7.81. The van der Waals surface area contributed by atoms with Crippen molar-refractivity contribution in [3.63, 3.8) is 0 Å². The smallest absolute Gasteiger partial charge is 0.0541 e. The Hall–Kier alpha value is -0.180. The first-order valence-corrected chi connectivity index (χ1v) is 6.59. The maximum absolute atomic E-state index is 10.3. The molecule has 0 heterocycles. The van der Waals surface area contributed by atoms with E-state index in [-0.39, 0.29) is 0 Å². The largest absolute Gasteiger partial charge is 0.549 e. The van der Waals surface area contributed by atoms with Crippen molar-refractivity contribution < 1.29 is 9.90 Å². The average molecular weight is 231 g/mol. The summed E-state index contributed by atoms with van der Waals surface area (Å²) in [7, 11) is 0. The van der Waals surface area contributed by atoms with Gasteiger partial charge in [-0.2, -0.15) is 12.6 Å². The normalized spacial score (nSPS) is 12.7. The fraction of sp³-hybridized carbons (Fsp3) is 0.917. The Bertz CT molecular complexity index is 160. The number of carboxylic acids is 1. The third-order valence-electron chi connectivity index (χ3n) is 2.60. The lowest BCUT2D eigenvalue weighted by molar-refractivity contribution is -0.304. The van der Waals surface area contributed by atoms with Crippen LogP contribution in [0.5, 0.6) is 0 Å². The van der Waals surface area contributed by atoms with Gasteiger partial charge in [0.2, 0.25) is 0 Å². The maximum Gasteiger partial charge on any atom is 0.0541 e. The lowest BCUT2D eigenvalue weighted by atomic mass is 10.1. The van der Waals surface area contributed by atoms with Crippen molar-refractivity contribution in [2.45, 2.75) is 70.0 Å². The molecule has 0 radical (unpaired) electrons. The van der Waals surface area contributed by atoms with Crippen LogP contribution in [-0.2, 0) is 4.79 Å². The standard InChI is InChI=1S/C12H24O2S/c1-2-3-4-5-6-7-8-9-10-11(15)12(13)14/h11,15H,2-10H2,1H3,(H,13,14)/p-1. The molecule has 0 fully saturated rings. The minimum Gasteiger partial charge on any atom is -0.549 e. The molecule has 2 nitrogen and oxygen atoms in total. The van der Waals surface area contributed by atoms with Crippen molar-refractivity contribution in [2.24, 2.45) is 0 Å². The Labute approximate surface area is 98.9 Å². The summed E-state index contributed by atoms with van der Waals surface area (Å²) in [5.74, 6) is -1.04. The van der Waals surface area contributed by atoms with E-state index < -0.39 is 11.2 Å². The molecule has 0 amide bonds. The van der Waals surface area contributed by atoms with Gasteiger partial charge in [0.1, 0.15) is 0 Å². The molecule has 0 aromatic carbocycles. The third-order valence-corrected chi connectivity index (χ3v) is 3.07. The quantitative estimate of drug-likeness (QED) is 0.464. The van der Waals surface area contributed by atoms with Gasteiger partial charge in [-0.15, -0.1) is 0 Å². The van der Waals surface area contributed by atoms with Gasteiger partial charge in [0.05, 0.1) is 5.97 Å². The first-order valence-electron chi connectivity index (χ1n) is 6.07. The summed E-state index contributed by atoms with van der Waals surface area (Å²) in [6.07, 6.45) is 10.5. The molecule has 1 atom stereocenters. The summed E-state index contributed by atoms with van der Waals surface area (Å²) in [5, 5.41) is 9.77. The van der Waals surface area contributed by atoms with Crippen LogP contribution in [0.2, 0.25) is 0 Å². The van der Waals surface area contributed by atoms with Gasteiger partial charge in [0, 0.05) is 5.25 Å². The summed E-state index contributed by atoms with van der Waals surface area (Å²) < 4.78 is 0. The predicted octanol–water partition coefficient (Wildman–Crippen LogP) is 2.57. The van der Waals surface area contributed by atoms with Crippen LogP contribution in [0.25, 0.3) is 0 Å². The van der Waals surface area contributed by atoms with Crippen LogP contribution in [0, 0.1) is 0 Å². The molecule has 0 aromatic rings. The van der Waals surface area contributed by atoms with Crippen molar-refractivity contribution in [1.82, 2.24) is 0 Å². The molecular weight excluding hydrogens is 208 g/mol. The third kappa shape index (κ3) is 10.1. The number of carbonyl (C=O) groups is 1. The highest BCUT2D eigenvalue weighted by atomic mass is 32.1. The SMILES string of the molecule is CCCCCCCCCCC(S)C(=O)[O-]. The fourth-order valence-corrected chi connectivity index (χ4v) is 1.77. The molecule has 0 aliphatic rings. The van der Waals surface area contributed by atoms with Crippen LogP contribution in [0.4, 0.5) is 0 Å². The van der Waals surface area contributed by atoms with Gasteiger partial charge in [-0.3, -0.25) is 0 Å². The number of hydrogen-bond donors (Lipinski definition) is 1. The Balaban J connectivity index is 3.08. The van der Waals surface area contributed by atoms with Crippen molar-refractivity contribution >= 4 is 18.6 Å². The predicted molar refractivity (Wildman–Crippen MR) is 65.0 cm³/mol. The van der Waals surface area contributed by atoms with Crippen LogP contribution in [0.1, 0.15) is 64.7 Å². The highest BCUT2D eigenvalue weighted by Crippen LogP contribution is 2.12. The number of rotatable bonds is 10. The fourth-order valence-electron chi connectivity index (χ4n) is 1.59. The minimum absolute atomic E-state index is 0.579. The molecule has 90 valence electrons. The molecule has 0 aliphatic heterocycles. The second-order valence-electron chi connectivity index (χ2n) is 4.10. The average Bonchev–Trinajstić information content (AvgIpc) is 2.21. The molecule has 15 heavy (non-hydrogen) atoms. The zero-order valence-corrected chi connectivity index (χ0v) is 10.6. The summed E-state index contributed by atoms with van der Waals surface area (Å²) in [6, 6.07) is 0. The number of hydrogen-bond acceptors (Lipinski definition) is 3. The van der Waals surface area contributed by atoms with Crippen molar-refractivity contribution in [2.75, 3.05) is 0 Å². The van der Waals surface area contributed by atoms with Crippen LogP contribution < -0.4 is 5.11 Å². The molecule has 0 saturated heterocycles. The van der Waals surface area contributed by atoms with Gasteiger partial charge < -0.3 is 9.90 Å². The van der Waals surface area contributed by atoms with E-state index in [4.69, 9.17) is 0 Å². The second-order valence-corrected chi connectivity index (χ2v) is 4.72. The summed E-state index contributed by atoms with van der Waals surface area (Å²) in [6.45, 7) is 2.22. The van der Waals surface area contributed by atoms with Crippen molar-refractivity contribution in [1.29, 1.82) is 0 Å². The Kier molecular flexibility index (Phi) is 10.2. The Morgan fingerprint density at radius 2 is 1.53 bits per heavy atom. The van der Waals surface area contributed by atoms with Gasteiger partial charge in [-0.25, -0.2) is 0 Å². The molecule has 0 aromatic heterocycles.